The summed E-state index contributed by atoms with van der Waals surface area (Å²) in [6.45, 7) is 0. The summed E-state index contributed by atoms with van der Waals surface area (Å²) in [5.74, 6) is 2.32. The van der Waals surface area contributed by atoms with Gasteiger partial charge in [0.1, 0.15) is 5.02 Å². The largest absolute Gasteiger partial charge is 0.467 e. The van der Waals surface area contributed by atoms with E-state index in [4.69, 9.17) is 16.3 Å². The van der Waals surface area contributed by atoms with Crippen LogP contribution in [0, 0.1) is 11.8 Å². The van der Waals surface area contributed by atoms with Crippen LogP contribution in [0.25, 0.3) is 0 Å². The first-order valence-corrected chi connectivity index (χ1v) is 6.49. The summed E-state index contributed by atoms with van der Waals surface area (Å²) >= 11 is 6.10. The summed E-state index contributed by atoms with van der Waals surface area (Å²) in [4.78, 5) is 8.25. The summed E-state index contributed by atoms with van der Waals surface area (Å²) < 4.78 is 5.02. The van der Waals surface area contributed by atoms with Crippen LogP contribution in [0.3, 0.4) is 0 Å². The van der Waals surface area contributed by atoms with Gasteiger partial charge in [0.05, 0.1) is 13.3 Å². The molecule has 1 aromatic heterocycles. The van der Waals surface area contributed by atoms with E-state index in [9.17, 15) is 0 Å². The van der Waals surface area contributed by atoms with Crippen molar-refractivity contribution in [1.29, 1.82) is 0 Å². The molecular weight excluding hydrogens is 238 g/mol. The number of aromatic nitrogens is 2. The van der Waals surface area contributed by atoms with Gasteiger partial charge in [-0.2, -0.15) is 4.98 Å². The van der Waals surface area contributed by atoms with Crippen LogP contribution in [0.4, 0.5) is 5.82 Å². The van der Waals surface area contributed by atoms with Gasteiger partial charge in [-0.3, -0.25) is 0 Å². The summed E-state index contributed by atoms with van der Waals surface area (Å²) in [5, 5.41) is 4.05. The second kappa shape index (κ2) is 4.33. The Bertz CT molecular complexity index is 406. The number of halogens is 1. The molecule has 1 heterocycles. The van der Waals surface area contributed by atoms with Crippen molar-refractivity contribution in [3.63, 3.8) is 0 Å². The average Bonchev–Trinajstić information content (AvgIpc) is 3.19. The highest BCUT2D eigenvalue weighted by molar-refractivity contribution is 6.32. The van der Waals surface area contributed by atoms with E-state index in [0.717, 1.165) is 11.8 Å². The normalized spacial score (nSPS) is 19.5. The molecule has 2 fully saturated rings. The molecule has 17 heavy (non-hydrogen) atoms. The first-order chi connectivity index (χ1) is 8.28. The second-order valence-electron chi connectivity index (χ2n) is 4.90. The minimum Gasteiger partial charge on any atom is -0.467 e. The molecule has 2 aliphatic rings. The van der Waals surface area contributed by atoms with Crippen molar-refractivity contribution in [2.75, 3.05) is 12.4 Å². The minimum atomic E-state index is 0.363. The molecule has 0 spiro atoms. The number of methoxy groups -OCH3 is 1. The number of anilines is 1. The van der Waals surface area contributed by atoms with E-state index in [1.807, 2.05) is 0 Å². The Morgan fingerprint density at radius 3 is 2.53 bits per heavy atom. The molecule has 3 rings (SSSR count). The highest BCUT2D eigenvalue weighted by Gasteiger charge is 2.41. The average molecular weight is 254 g/mol. The molecule has 2 saturated carbocycles. The zero-order chi connectivity index (χ0) is 11.8. The molecule has 1 aromatic rings. The molecule has 0 radical (unpaired) electrons. The molecule has 0 unspecified atom stereocenters. The third-order valence-corrected chi connectivity index (χ3v) is 3.74. The van der Waals surface area contributed by atoms with Crippen LogP contribution < -0.4 is 10.1 Å². The number of ether oxygens (including phenoxy) is 1. The Morgan fingerprint density at radius 2 is 2.00 bits per heavy atom. The number of hydrogen-bond acceptors (Lipinski definition) is 4. The maximum absolute atomic E-state index is 6.10. The van der Waals surface area contributed by atoms with E-state index in [2.05, 4.69) is 15.3 Å². The Labute approximate surface area is 106 Å². The fraction of sp³-hybridized carbons (Fsp3) is 0.667. The maximum atomic E-state index is 6.10. The molecule has 0 saturated heterocycles. The molecule has 1 N–H and O–H groups in total. The van der Waals surface area contributed by atoms with Crippen molar-refractivity contribution in [3.05, 3.63) is 11.2 Å². The van der Waals surface area contributed by atoms with Gasteiger partial charge in [-0.1, -0.05) is 11.6 Å². The Hall–Kier alpha value is -1.03. The third-order valence-electron chi connectivity index (χ3n) is 3.47. The topological polar surface area (TPSA) is 47.0 Å². The van der Waals surface area contributed by atoms with Gasteiger partial charge in [0.25, 0.3) is 0 Å². The Morgan fingerprint density at radius 1 is 1.35 bits per heavy atom. The smallest absolute Gasteiger partial charge is 0.318 e. The van der Waals surface area contributed by atoms with Gasteiger partial charge in [0, 0.05) is 6.04 Å². The number of hydrogen-bond donors (Lipinski definition) is 1. The predicted octanol–water partition coefficient (Wildman–Crippen LogP) is 2.74. The van der Waals surface area contributed by atoms with Gasteiger partial charge in [0.15, 0.2) is 5.82 Å². The zero-order valence-corrected chi connectivity index (χ0v) is 10.6. The van der Waals surface area contributed by atoms with E-state index in [0.29, 0.717) is 22.9 Å². The maximum Gasteiger partial charge on any atom is 0.318 e. The van der Waals surface area contributed by atoms with E-state index >= 15 is 0 Å². The molecule has 2 aliphatic carbocycles. The molecule has 0 atom stereocenters. The lowest BCUT2D eigenvalue weighted by atomic mass is 10.1. The number of rotatable bonds is 5. The van der Waals surface area contributed by atoms with Gasteiger partial charge < -0.3 is 10.1 Å². The van der Waals surface area contributed by atoms with Crippen LogP contribution in [0.2, 0.25) is 5.02 Å². The summed E-state index contributed by atoms with van der Waals surface area (Å²) in [5.41, 5.74) is 0. The lowest BCUT2D eigenvalue weighted by molar-refractivity contribution is 0.380. The van der Waals surface area contributed by atoms with E-state index in [1.165, 1.54) is 25.7 Å². The summed E-state index contributed by atoms with van der Waals surface area (Å²) in [7, 11) is 1.56. The lowest BCUT2D eigenvalue weighted by Gasteiger charge is -2.19. The van der Waals surface area contributed by atoms with Gasteiger partial charge in [-0.25, -0.2) is 4.98 Å². The van der Waals surface area contributed by atoms with Gasteiger partial charge in [-0.05, 0) is 37.5 Å². The van der Waals surface area contributed by atoms with Crippen LogP contribution in [-0.4, -0.2) is 23.1 Å². The minimum absolute atomic E-state index is 0.363. The van der Waals surface area contributed by atoms with Crippen LogP contribution in [0.15, 0.2) is 6.20 Å². The first kappa shape index (κ1) is 11.1. The monoisotopic (exact) mass is 253 g/mol. The fourth-order valence-electron chi connectivity index (χ4n) is 2.24. The molecular formula is C12H16ClN3O. The van der Waals surface area contributed by atoms with Crippen molar-refractivity contribution in [1.82, 2.24) is 9.97 Å². The third kappa shape index (κ3) is 2.46. The Balaban J connectivity index is 1.77. The SMILES string of the molecule is COc1ncc(Cl)c(NC(C2CC2)C2CC2)n1. The number of nitrogens with one attached hydrogen (secondary N) is 1. The van der Waals surface area contributed by atoms with E-state index in [1.54, 1.807) is 13.3 Å². The summed E-state index contributed by atoms with van der Waals surface area (Å²) in [6, 6.07) is 0.898. The van der Waals surface area contributed by atoms with Crippen molar-refractivity contribution >= 4 is 17.4 Å². The highest BCUT2D eigenvalue weighted by Crippen LogP contribution is 2.46. The predicted molar refractivity (Wildman–Crippen MR) is 66.5 cm³/mol. The van der Waals surface area contributed by atoms with Crippen LogP contribution >= 0.6 is 11.6 Å². The zero-order valence-electron chi connectivity index (χ0n) is 9.82. The molecule has 0 amide bonds. The van der Waals surface area contributed by atoms with Gasteiger partial charge in [-0.15, -0.1) is 0 Å². The van der Waals surface area contributed by atoms with Gasteiger partial charge >= 0.3 is 6.01 Å². The summed E-state index contributed by atoms with van der Waals surface area (Å²) in [6.07, 6.45) is 6.90. The Kier molecular flexibility index (Phi) is 2.82. The molecule has 0 aliphatic heterocycles. The highest BCUT2D eigenvalue weighted by atomic mass is 35.5. The standard InChI is InChI=1S/C12H16ClN3O/c1-17-12-14-6-9(13)11(16-12)15-10(7-2-3-7)8-4-5-8/h6-8,10H,2-5H2,1H3,(H,14,15,16). The van der Waals surface area contributed by atoms with Crippen LogP contribution in [-0.2, 0) is 0 Å². The van der Waals surface area contributed by atoms with Crippen molar-refractivity contribution < 1.29 is 4.74 Å². The van der Waals surface area contributed by atoms with E-state index in [-0.39, 0.29) is 0 Å². The van der Waals surface area contributed by atoms with Crippen molar-refractivity contribution in [2.45, 2.75) is 31.7 Å². The molecule has 0 bridgehead atoms. The van der Waals surface area contributed by atoms with Crippen LogP contribution in [0.1, 0.15) is 25.7 Å². The van der Waals surface area contributed by atoms with Crippen molar-refractivity contribution in [3.8, 4) is 6.01 Å². The second-order valence-corrected chi connectivity index (χ2v) is 5.31. The molecule has 92 valence electrons. The lowest BCUT2D eigenvalue weighted by Crippen LogP contribution is -2.25. The molecule has 0 aromatic carbocycles. The van der Waals surface area contributed by atoms with Gasteiger partial charge in [0.2, 0.25) is 0 Å². The quantitative estimate of drug-likeness (QED) is 0.877. The fourth-order valence-corrected chi connectivity index (χ4v) is 2.39. The number of nitrogens with zero attached hydrogens (tertiary/aromatic N) is 2. The van der Waals surface area contributed by atoms with Crippen LogP contribution in [0.5, 0.6) is 6.01 Å². The van der Waals surface area contributed by atoms with E-state index < -0.39 is 0 Å². The molecule has 4 nitrogen and oxygen atoms in total. The molecule has 5 heteroatoms. The first-order valence-electron chi connectivity index (χ1n) is 6.11. The van der Waals surface area contributed by atoms with Crippen molar-refractivity contribution in [2.24, 2.45) is 11.8 Å².